The highest BCUT2D eigenvalue weighted by molar-refractivity contribution is 14.1. The SMILES string of the molecule is C=C[C@@H]1/C=C/C=C/C=C(\C)[C@@H](OC)CC2CC[C@@H](C)[C@@](O)(O2)C(=O)C(=O)N2CCCCC2C(=O)O[C@H]([C@H](C)C[C@@H]2CC[C@@H](OI)[C@H](OC)C2)CC(=O)[C@H](C)CC(C)[C@@H](O)[C@@H](OC)C(=O)[C@H](C)C1. The fourth-order valence-corrected chi connectivity index (χ4v) is 11.1. The van der Waals surface area contributed by atoms with E-state index in [1.54, 1.807) is 41.1 Å². The van der Waals surface area contributed by atoms with Crippen LogP contribution in [0.3, 0.4) is 0 Å². The van der Waals surface area contributed by atoms with Crippen molar-refractivity contribution in [1.29, 1.82) is 0 Å². The number of piperidine rings is 1. The summed E-state index contributed by atoms with van der Waals surface area (Å²) in [7, 11) is 4.64. The maximum atomic E-state index is 14.4. The van der Waals surface area contributed by atoms with Crippen LogP contribution in [0.2, 0.25) is 0 Å². The summed E-state index contributed by atoms with van der Waals surface area (Å²) >= 11 is 1.91. The van der Waals surface area contributed by atoms with Gasteiger partial charge in [0, 0.05) is 58.5 Å². The Labute approximate surface area is 413 Å². The molecule has 2 saturated heterocycles. The third-order valence-corrected chi connectivity index (χ3v) is 15.7. The second-order valence-electron chi connectivity index (χ2n) is 20.0. The number of ether oxygens (including phenoxy) is 5. The van der Waals surface area contributed by atoms with Gasteiger partial charge in [-0.2, -0.15) is 0 Å². The van der Waals surface area contributed by atoms with E-state index in [1.165, 1.54) is 12.0 Å². The highest BCUT2D eigenvalue weighted by atomic mass is 127. The number of hydrogen-bond donors (Lipinski definition) is 2. The van der Waals surface area contributed by atoms with E-state index in [1.807, 2.05) is 74.2 Å². The normalized spacial score (nSPS) is 39.9. The quantitative estimate of drug-likeness (QED) is 0.104. The first-order valence-corrected chi connectivity index (χ1v) is 25.4. The standard InChI is InChI=1S/C52H80INO13/c1-11-37-18-14-12-13-17-31(2)43(62-8)29-39-22-20-36(7)52(61,66-39)49(58)50(59)54-24-16-15-19-40(54)51(60)65-44(33(4)26-38-21-23-42(67-53)45(28-38)63-9)30-41(55)32(3)25-34(5)46(56)48(64-10)47(57)35(6)27-37/h11-14,17-18,32-40,42-46,48,56,61H,1,15-16,19-30H2,2-10H3/b13-12+,18-14+,31-17+/t32-,33-,34?,35-,36-,37-,38+,39?,40?,42-,43+,44+,45-,46-,48-,52-/m1/s1. The van der Waals surface area contributed by atoms with Crippen LogP contribution in [0, 0.1) is 41.4 Å². The Hall–Kier alpha value is -2.64. The first-order valence-electron chi connectivity index (χ1n) is 24.5. The summed E-state index contributed by atoms with van der Waals surface area (Å²) in [6.07, 6.45) is 13.1. The van der Waals surface area contributed by atoms with Crippen LogP contribution in [0.15, 0.2) is 48.6 Å². The molecule has 16 atom stereocenters. The van der Waals surface area contributed by atoms with Gasteiger partial charge in [-0.15, -0.1) is 6.58 Å². The number of carbonyl (C=O) groups excluding carboxylic acids is 5. The van der Waals surface area contributed by atoms with Gasteiger partial charge in [-0.3, -0.25) is 19.2 Å². The first kappa shape index (κ1) is 56.9. The van der Waals surface area contributed by atoms with E-state index in [0.29, 0.717) is 44.9 Å². The molecule has 14 nitrogen and oxygen atoms in total. The number of cyclic esters (lactones) is 1. The highest BCUT2D eigenvalue weighted by Crippen LogP contribution is 2.38. The number of allylic oxidation sites excluding steroid dienone is 6. The summed E-state index contributed by atoms with van der Waals surface area (Å²) in [5.74, 6) is -8.20. The molecule has 0 aromatic heterocycles. The summed E-state index contributed by atoms with van der Waals surface area (Å²) in [5.41, 5.74) is 0.873. The molecule has 0 spiro atoms. The predicted molar refractivity (Wildman–Crippen MR) is 263 cm³/mol. The average molecular weight is 1050 g/mol. The van der Waals surface area contributed by atoms with Crippen LogP contribution >= 0.6 is 23.0 Å². The second kappa shape index (κ2) is 27.1. The zero-order valence-corrected chi connectivity index (χ0v) is 43.6. The minimum atomic E-state index is -2.42. The van der Waals surface area contributed by atoms with E-state index in [9.17, 15) is 34.2 Å². The van der Waals surface area contributed by atoms with Gasteiger partial charge in [0.15, 0.2) is 5.78 Å². The molecule has 0 radical (unpaired) electrons. The van der Waals surface area contributed by atoms with Gasteiger partial charge in [0.1, 0.15) is 47.0 Å². The predicted octanol–water partition coefficient (Wildman–Crippen LogP) is 7.80. The molecule has 4 aliphatic rings. The average Bonchev–Trinajstić information content (AvgIpc) is 3.32. The first-order chi connectivity index (χ1) is 31.8. The Bertz CT molecular complexity index is 1770. The largest absolute Gasteiger partial charge is 0.460 e. The smallest absolute Gasteiger partial charge is 0.329 e. The molecule has 1 aliphatic carbocycles. The van der Waals surface area contributed by atoms with Gasteiger partial charge in [-0.25, -0.2) is 4.79 Å². The molecular formula is C52H80INO13. The number of Topliss-reactive ketones (excluding diaryl/α,β-unsaturated/α-hetero) is 3. The summed E-state index contributed by atoms with van der Waals surface area (Å²) < 4.78 is 35.4. The monoisotopic (exact) mass is 1050 g/mol. The zero-order chi connectivity index (χ0) is 49.6. The van der Waals surface area contributed by atoms with Crippen LogP contribution in [0.25, 0.3) is 0 Å². The van der Waals surface area contributed by atoms with Crippen molar-refractivity contribution >= 4 is 52.2 Å². The Morgan fingerprint density at radius 3 is 2.28 bits per heavy atom. The molecule has 3 unspecified atom stereocenters. The van der Waals surface area contributed by atoms with Gasteiger partial charge in [0.2, 0.25) is 5.79 Å². The Morgan fingerprint density at radius 2 is 1.63 bits per heavy atom. The van der Waals surface area contributed by atoms with Crippen molar-refractivity contribution in [3.8, 4) is 0 Å². The summed E-state index contributed by atoms with van der Waals surface area (Å²) in [5, 5.41) is 23.5. The van der Waals surface area contributed by atoms with Crippen molar-refractivity contribution in [3.63, 3.8) is 0 Å². The van der Waals surface area contributed by atoms with Crippen LogP contribution in [-0.2, 0) is 50.7 Å². The number of amides is 1. The fraction of sp³-hybridized carbons (Fsp3) is 0.750. The lowest BCUT2D eigenvalue weighted by molar-refractivity contribution is -0.265. The molecule has 378 valence electrons. The molecule has 3 heterocycles. The van der Waals surface area contributed by atoms with Crippen LogP contribution in [0.1, 0.15) is 125 Å². The number of fused-ring (bicyclic) bond motifs is 3. The lowest BCUT2D eigenvalue weighted by atomic mass is 9.78. The van der Waals surface area contributed by atoms with Crippen molar-refractivity contribution in [1.82, 2.24) is 4.90 Å². The molecular weight excluding hydrogens is 973 g/mol. The Kier molecular flexibility index (Phi) is 23.0. The minimum Gasteiger partial charge on any atom is -0.460 e. The number of aliphatic hydroxyl groups is 2. The molecule has 1 amide bonds. The Balaban J connectivity index is 1.69. The van der Waals surface area contributed by atoms with E-state index in [2.05, 4.69) is 6.58 Å². The summed E-state index contributed by atoms with van der Waals surface area (Å²) in [6, 6.07) is -1.12. The number of esters is 1. The van der Waals surface area contributed by atoms with Gasteiger partial charge in [-0.05, 0) is 107 Å². The summed E-state index contributed by atoms with van der Waals surface area (Å²) in [4.78, 5) is 72.2. The number of carbonyl (C=O) groups is 5. The molecule has 0 aromatic rings. The highest BCUT2D eigenvalue weighted by Gasteiger charge is 2.53. The molecule has 1 saturated carbocycles. The van der Waals surface area contributed by atoms with Crippen molar-refractivity contribution in [2.75, 3.05) is 27.9 Å². The number of nitrogens with zero attached hydrogens (tertiary/aromatic N) is 1. The molecule has 2 bridgehead atoms. The number of aliphatic hydroxyl groups excluding tert-OH is 1. The van der Waals surface area contributed by atoms with Gasteiger partial charge >= 0.3 is 5.97 Å². The number of rotatable bonds is 8. The van der Waals surface area contributed by atoms with Crippen LogP contribution in [0.5, 0.6) is 0 Å². The Morgan fingerprint density at radius 1 is 0.896 bits per heavy atom. The number of methoxy groups -OCH3 is 3. The molecule has 3 aliphatic heterocycles. The van der Waals surface area contributed by atoms with Crippen LogP contribution in [0.4, 0.5) is 0 Å². The number of hydrogen-bond acceptors (Lipinski definition) is 13. The van der Waals surface area contributed by atoms with Gasteiger partial charge in [-0.1, -0.05) is 71.1 Å². The van der Waals surface area contributed by atoms with E-state index in [-0.39, 0.29) is 67.3 Å². The van der Waals surface area contributed by atoms with E-state index >= 15 is 0 Å². The summed E-state index contributed by atoms with van der Waals surface area (Å²) in [6.45, 7) is 15.0. The second-order valence-corrected chi connectivity index (χ2v) is 20.5. The van der Waals surface area contributed by atoms with E-state index in [4.69, 9.17) is 26.8 Å². The zero-order valence-electron chi connectivity index (χ0n) is 41.4. The number of ketones is 3. The molecule has 15 heteroatoms. The van der Waals surface area contributed by atoms with Gasteiger partial charge < -0.3 is 41.9 Å². The van der Waals surface area contributed by atoms with Crippen molar-refractivity contribution < 1.29 is 60.9 Å². The maximum Gasteiger partial charge on any atom is 0.329 e. The molecule has 0 aromatic carbocycles. The van der Waals surface area contributed by atoms with Gasteiger partial charge in [0.25, 0.3) is 11.7 Å². The van der Waals surface area contributed by atoms with Gasteiger partial charge in [0.05, 0.1) is 30.5 Å². The van der Waals surface area contributed by atoms with Crippen molar-refractivity contribution in [3.05, 3.63) is 48.6 Å². The van der Waals surface area contributed by atoms with E-state index in [0.717, 1.165) is 24.8 Å². The lowest BCUT2D eigenvalue weighted by Crippen LogP contribution is -2.61. The molecule has 3 fully saturated rings. The minimum absolute atomic E-state index is 0.0443. The van der Waals surface area contributed by atoms with Crippen LogP contribution < -0.4 is 0 Å². The number of halogens is 1. The van der Waals surface area contributed by atoms with E-state index < -0.39 is 83.7 Å². The maximum absolute atomic E-state index is 14.4. The van der Waals surface area contributed by atoms with Crippen LogP contribution in [-0.4, -0.2) is 127 Å². The molecule has 67 heavy (non-hydrogen) atoms. The topological polar surface area (TPSA) is 184 Å². The van der Waals surface area contributed by atoms with Crippen molar-refractivity contribution in [2.45, 2.75) is 180 Å². The molecule has 4 rings (SSSR count). The fourth-order valence-electron chi connectivity index (χ4n) is 10.5. The molecule has 2 N–H and O–H groups in total. The third kappa shape index (κ3) is 15.2. The third-order valence-electron chi connectivity index (χ3n) is 15.1. The van der Waals surface area contributed by atoms with Crippen molar-refractivity contribution in [2.24, 2.45) is 41.4 Å². The lowest BCUT2D eigenvalue weighted by Gasteiger charge is -2.42.